The Morgan fingerprint density at radius 3 is 0.957 bits per heavy atom. The molecule has 0 radical (unpaired) electrons. The number of nitrogens with one attached hydrogen (secondary N) is 2. The summed E-state index contributed by atoms with van der Waals surface area (Å²) in [5.74, 6) is 0.486. The van der Waals surface area contributed by atoms with Gasteiger partial charge in [0, 0.05) is 38.8 Å². The number of likely N-dealkylation sites (N-methyl/N-ethyl adjacent to an activating group) is 2. The molecule has 0 aliphatic carbocycles. The van der Waals surface area contributed by atoms with Crippen molar-refractivity contribution in [2.45, 2.75) is 181 Å². The van der Waals surface area contributed by atoms with Crippen LogP contribution in [0.3, 0.4) is 0 Å². The van der Waals surface area contributed by atoms with E-state index >= 15 is 0 Å². The predicted molar refractivity (Wildman–Crippen MR) is 199 cm³/mol. The number of nitrogens with zero attached hydrogens (tertiary/aromatic N) is 2. The molecule has 6 nitrogen and oxygen atoms in total. The van der Waals surface area contributed by atoms with Crippen LogP contribution in [0, 0.1) is 0 Å². The van der Waals surface area contributed by atoms with Gasteiger partial charge < -0.3 is 19.6 Å². The number of carbonyl (C=O) groups is 2. The maximum atomic E-state index is 12.3. The van der Waals surface area contributed by atoms with Crippen LogP contribution in [0.4, 0.5) is 0 Å². The molecule has 1 aliphatic heterocycles. The van der Waals surface area contributed by atoms with E-state index < -0.39 is 0 Å². The topological polar surface area (TPSA) is 58.2 Å². The van der Waals surface area contributed by atoms with Crippen LogP contribution in [0.25, 0.3) is 0 Å². The van der Waals surface area contributed by atoms with Gasteiger partial charge in [0.1, 0.15) is 26.2 Å². The van der Waals surface area contributed by atoms with Gasteiger partial charge in [-0.2, -0.15) is 0 Å². The second-order valence-electron chi connectivity index (χ2n) is 15.6. The van der Waals surface area contributed by atoms with Gasteiger partial charge in [0.2, 0.25) is 11.8 Å². The van der Waals surface area contributed by atoms with E-state index in [0.29, 0.717) is 12.8 Å². The zero-order valence-electron chi connectivity index (χ0n) is 31.8. The number of unbranched alkanes of at least 4 members (excludes halogenated alkanes) is 20. The van der Waals surface area contributed by atoms with Gasteiger partial charge in [0.15, 0.2) is 0 Å². The van der Waals surface area contributed by atoms with E-state index in [0.717, 1.165) is 60.8 Å². The highest BCUT2D eigenvalue weighted by Gasteiger charge is 2.36. The lowest BCUT2D eigenvalue weighted by molar-refractivity contribution is -1.02. The van der Waals surface area contributed by atoms with E-state index in [1.165, 1.54) is 155 Å². The Morgan fingerprint density at radius 1 is 0.413 bits per heavy atom. The maximum absolute atomic E-state index is 12.3. The Hall–Kier alpha value is -1.14. The van der Waals surface area contributed by atoms with Crippen molar-refractivity contribution >= 4 is 11.8 Å². The summed E-state index contributed by atoms with van der Waals surface area (Å²) in [5.41, 5.74) is 0. The summed E-state index contributed by atoms with van der Waals surface area (Å²) in [5, 5.41) is 6.36. The van der Waals surface area contributed by atoms with E-state index in [1.54, 1.807) is 0 Å². The molecule has 2 amide bonds. The maximum Gasteiger partial charge on any atom is 0.219 e. The Balaban J connectivity index is 1.96. The molecule has 0 bridgehead atoms. The van der Waals surface area contributed by atoms with Crippen LogP contribution in [0.5, 0.6) is 0 Å². The summed E-state index contributed by atoms with van der Waals surface area (Å²) >= 11 is 0. The van der Waals surface area contributed by atoms with Crippen LogP contribution in [-0.2, 0) is 9.59 Å². The van der Waals surface area contributed by atoms with Crippen molar-refractivity contribution in [2.24, 2.45) is 0 Å². The molecule has 1 aliphatic rings. The lowest BCUT2D eigenvalue weighted by atomic mass is 10.1. The lowest BCUT2D eigenvalue weighted by Gasteiger charge is -2.46. The standard InChI is InChI=1S/C40H80N4O2/c1-5-7-9-11-13-15-17-19-21-23-25-29-39(45)41-31-27-33-43(3)35-37-44(4,38-36-43)34-28-32-42-40(46)30-26-24-22-20-18-16-14-12-10-8-6-2/h5-38H2,1-4H3/p+2. The van der Waals surface area contributed by atoms with Crippen molar-refractivity contribution in [1.29, 1.82) is 0 Å². The third-order valence-corrected chi connectivity index (χ3v) is 10.8. The minimum Gasteiger partial charge on any atom is -0.356 e. The van der Waals surface area contributed by atoms with Crippen LogP contribution in [-0.4, -0.2) is 87.2 Å². The van der Waals surface area contributed by atoms with E-state index in [1.807, 2.05) is 0 Å². The number of hydrogen-bond acceptors (Lipinski definition) is 2. The highest BCUT2D eigenvalue weighted by atomic mass is 16.2. The Bertz CT molecular complexity index is 660. The molecule has 0 atom stereocenters. The van der Waals surface area contributed by atoms with Crippen LogP contribution in [0.15, 0.2) is 0 Å². The minimum atomic E-state index is 0.243. The molecule has 1 saturated heterocycles. The predicted octanol–water partition coefficient (Wildman–Crippen LogP) is 9.31. The summed E-state index contributed by atoms with van der Waals surface area (Å²) in [6.07, 6.45) is 32.6. The quantitative estimate of drug-likeness (QED) is 0.0563. The van der Waals surface area contributed by atoms with E-state index in [-0.39, 0.29) is 11.8 Å². The molecule has 1 fully saturated rings. The first-order chi connectivity index (χ1) is 22.3. The number of carbonyl (C=O) groups excluding carboxylic acids is 2. The molecule has 0 aromatic carbocycles. The van der Waals surface area contributed by atoms with Gasteiger partial charge >= 0.3 is 0 Å². The monoisotopic (exact) mass is 651 g/mol. The number of rotatable bonds is 32. The molecule has 0 aromatic rings. The molecule has 2 N–H and O–H groups in total. The van der Waals surface area contributed by atoms with Crippen LogP contribution < -0.4 is 10.6 Å². The zero-order valence-corrected chi connectivity index (χ0v) is 31.8. The van der Waals surface area contributed by atoms with Crippen molar-refractivity contribution in [3.8, 4) is 0 Å². The molecule has 6 heteroatoms. The first-order valence-corrected chi connectivity index (χ1v) is 20.5. The molecule has 0 saturated carbocycles. The fourth-order valence-electron chi connectivity index (χ4n) is 7.09. The molecule has 1 rings (SSSR count). The molecule has 0 spiro atoms. The summed E-state index contributed by atoms with van der Waals surface area (Å²) in [6.45, 7) is 13.3. The average Bonchev–Trinajstić information content (AvgIpc) is 3.04. The smallest absolute Gasteiger partial charge is 0.219 e. The number of amides is 2. The van der Waals surface area contributed by atoms with E-state index in [2.05, 4.69) is 38.6 Å². The van der Waals surface area contributed by atoms with Crippen LogP contribution in [0.2, 0.25) is 0 Å². The molecular weight excluding hydrogens is 568 g/mol. The average molecular weight is 651 g/mol. The summed E-state index contributed by atoms with van der Waals surface area (Å²) in [6, 6.07) is 0. The number of piperazine rings is 1. The Kier molecular flexibility index (Phi) is 26.9. The van der Waals surface area contributed by atoms with Crippen LogP contribution in [0.1, 0.15) is 181 Å². The van der Waals surface area contributed by atoms with Gasteiger partial charge in [-0.3, -0.25) is 9.59 Å². The summed E-state index contributed by atoms with van der Waals surface area (Å²) < 4.78 is 2.25. The Labute approximate surface area is 287 Å². The molecular formula is C40H82N4O2+2. The van der Waals surface area contributed by atoms with E-state index in [9.17, 15) is 9.59 Å². The minimum absolute atomic E-state index is 0.243. The fourth-order valence-corrected chi connectivity index (χ4v) is 7.09. The van der Waals surface area contributed by atoms with Gasteiger partial charge in [-0.05, 0) is 12.8 Å². The number of quaternary nitrogens is 2. The van der Waals surface area contributed by atoms with Crippen molar-refractivity contribution < 1.29 is 18.6 Å². The van der Waals surface area contributed by atoms with Crippen molar-refractivity contribution in [3.05, 3.63) is 0 Å². The van der Waals surface area contributed by atoms with Gasteiger partial charge in [0.25, 0.3) is 0 Å². The molecule has 46 heavy (non-hydrogen) atoms. The highest BCUT2D eigenvalue weighted by molar-refractivity contribution is 5.76. The second-order valence-corrected chi connectivity index (χ2v) is 15.6. The van der Waals surface area contributed by atoms with Gasteiger partial charge in [-0.25, -0.2) is 0 Å². The zero-order chi connectivity index (χ0) is 33.6. The third kappa shape index (κ3) is 25.0. The Morgan fingerprint density at radius 2 is 0.674 bits per heavy atom. The lowest BCUT2D eigenvalue weighted by Crippen LogP contribution is -2.64. The summed E-state index contributed by atoms with van der Waals surface area (Å²) in [4.78, 5) is 24.6. The second kappa shape index (κ2) is 28.8. The van der Waals surface area contributed by atoms with Crippen LogP contribution >= 0.6 is 0 Å². The fraction of sp³-hybridized carbons (Fsp3) is 0.950. The largest absolute Gasteiger partial charge is 0.356 e. The molecule has 0 aromatic heterocycles. The van der Waals surface area contributed by atoms with Gasteiger partial charge in [-0.15, -0.1) is 0 Å². The first-order valence-electron chi connectivity index (χ1n) is 20.5. The number of hydrogen-bond donors (Lipinski definition) is 2. The van der Waals surface area contributed by atoms with Gasteiger partial charge in [-0.1, -0.05) is 142 Å². The third-order valence-electron chi connectivity index (χ3n) is 10.8. The van der Waals surface area contributed by atoms with Crippen molar-refractivity contribution in [3.63, 3.8) is 0 Å². The van der Waals surface area contributed by atoms with E-state index in [4.69, 9.17) is 0 Å². The highest BCUT2D eigenvalue weighted by Crippen LogP contribution is 2.17. The summed E-state index contributed by atoms with van der Waals surface area (Å²) in [7, 11) is 4.79. The first kappa shape index (κ1) is 42.9. The van der Waals surface area contributed by atoms with Crippen molar-refractivity contribution in [2.75, 3.05) is 66.5 Å². The van der Waals surface area contributed by atoms with Gasteiger partial charge in [0.05, 0.1) is 27.2 Å². The molecule has 1 heterocycles. The van der Waals surface area contributed by atoms with Crippen molar-refractivity contribution in [1.82, 2.24) is 10.6 Å². The molecule has 0 unspecified atom stereocenters. The normalized spacial score (nSPS) is 19.7. The SMILES string of the molecule is CCCCCCCCCCCCCC(=O)NCCC[N+]1(C)CC[N+](C)(CCCNC(=O)CCCCCCCCCCCCC)CC1. The molecule has 272 valence electrons.